The molecule has 4 heteroatoms. The van der Waals surface area contributed by atoms with E-state index in [4.69, 9.17) is 0 Å². The van der Waals surface area contributed by atoms with Crippen LogP contribution < -0.4 is 10.6 Å². The summed E-state index contributed by atoms with van der Waals surface area (Å²) in [7, 11) is 0. The maximum Gasteiger partial charge on any atom is 0.239 e. The number of hydrogen-bond donors (Lipinski definition) is 2. The molecule has 0 bridgehead atoms. The summed E-state index contributed by atoms with van der Waals surface area (Å²) >= 11 is 0. The van der Waals surface area contributed by atoms with E-state index < -0.39 is 0 Å². The van der Waals surface area contributed by atoms with Gasteiger partial charge in [0.1, 0.15) is 0 Å². The van der Waals surface area contributed by atoms with Gasteiger partial charge in [-0.25, -0.2) is 0 Å². The Kier molecular flexibility index (Phi) is 7.11. The summed E-state index contributed by atoms with van der Waals surface area (Å²) in [5.41, 5.74) is 2.55. The second-order valence-electron chi connectivity index (χ2n) is 6.46. The molecular formula is C19H28N2O2. The van der Waals surface area contributed by atoms with E-state index in [9.17, 15) is 9.59 Å². The average molecular weight is 316 g/mol. The number of rotatable bonds is 7. The summed E-state index contributed by atoms with van der Waals surface area (Å²) in [6.07, 6.45) is 7.95. The van der Waals surface area contributed by atoms with Gasteiger partial charge < -0.3 is 10.6 Å². The monoisotopic (exact) mass is 316 g/mol. The van der Waals surface area contributed by atoms with E-state index >= 15 is 0 Å². The van der Waals surface area contributed by atoms with Crippen LogP contribution in [0, 0.1) is 6.92 Å². The number of amides is 2. The van der Waals surface area contributed by atoms with E-state index in [1.54, 1.807) is 0 Å². The van der Waals surface area contributed by atoms with Crippen molar-refractivity contribution in [3.05, 3.63) is 35.4 Å². The number of nitrogens with one attached hydrogen (secondary N) is 2. The van der Waals surface area contributed by atoms with Gasteiger partial charge in [-0.05, 0) is 43.7 Å². The van der Waals surface area contributed by atoms with Gasteiger partial charge in [-0.1, -0.05) is 43.5 Å². The normalized spacial score (nSPS) is 15.2. The zero-order valence-electron chi connectivity index (χ0n) is 14.1. The van der Waals surface area contributed by atoms with Crippen LogP contribution in [-0.2, 0) is 16.0 Å². The minimum absolute atomic E-state index is 0.0441. The maximum atomic E-state index is 11.8. The number of carbonyl (C=O) groups is 2. The number of benzene rings is 1. The molecule has 0 aliphatic heterocycles. The van der Waals surface area contributed by atoms with Crippen molar-refractivity contribution in [3.63, 3.8) is 0 Å². The first-order chi connectivity index (χ1) is 11.1. The van der Waals surface area contributed by atoms with Crippen LogP contribution in [0.15, 0.2) is 24.3 Å². The summed E-state index contributed by atoms with van der Waals surface area (Å²) in [5.74, 6) is -0.110. The van der Waals surface area contributed by atoms with Crippen LogP contribution >= 0.6 is 0 Å². The van der Waals surface area contributed by atoms with E-state index in [0.29, 0.717) is 12.5 Å². The highest BCUT2D eigenvalue weighted by Crippen LogP contribution is 2.17. The van der Waals surface area contributed by atoms with Gasteiger partial charge in [0.05, 0.1) is 6.54 Å². The molecule has 1 saturated carbocycles. The van der Waals surface area contributed by atoms with Crippen LogP contribution in [0.2, 0.25) is 0 Å². The van der Waals surface area contributed by atoms with Crippen LogP contribution in [0.5, 0.6) is 0 Å². The highest BCUT2D eigenvalue weighted by atomic mass is 16.2. The lowest BCUT2D eigenvalue weighted by molar-refractivity contribution is -0.126. The molecule has 2 N–H and O–H groups in total. The lowest BCUT2D eigenvalue weighted by Gasteiger charge is -2.22. The SMILES string of the molecule is Cc1ccccc1CCCC(=O)NCC(=O)NC1CCCCC1. The zero-order valence-corrected chi connectivity index (χ0v) is 14.1. The predicted octanol–water partition coefficient (Wildman–Crippen LogP) is 2.88. The highest BCUT2D eigenvalue weighted by Gasteiger charge is 2.15. The number of aryl methyl sites for hydroxylation is 2. The van der Waals surface area contributed by atoms with E-state index in [1.165, 1.54) is 30.4 Å². The molecule has 1 aliphatic rings. The zero-order chi connectivity index (χ0) is 16.5. The molecule has 23 heavy (non-hydrogen) atoms. The Balaban J connectivity index is 1.59. The molecule has 0 heterocycles. The van der Waals surface area contributed by atoms with Gasteiger partial charge in [0.25, 0.3) is 0 Å². The molecule has 126 valence electrons. The minimum Gasteiger partial charge on any atom is -0.352 e. The van der Waals surface area contributed by atoms with Gasteiger partial charge in [-0.2, -0.15) is 0 Å². The average Bonchev–Trinajstić information content (AvgIpc) is 2.56. The van der Waals surface area contributed by atoms with E-state index in [-0.39, 0.29) is 18.4 Å². The van der Waals surface area contributed by atoms with E-state index in [1.807, 2.05) is 12.1 Å². The first kappa shape index (κ1) is 17.5. The molecule has 2 amide bonds. The lowest BCUT2D eigenvalue weighted by atomic mass is 9.95. The molecule has 0 aromatic heterocycles. The van der Waals surface area contributed by atoms with Crippen molar-refractivity contribution in [3.8, 4) is 0 Å². The van der Waals surface area contributed by atoms with Crippen LogP contribution in [-0.4, -0.2) is 24.4 Å². The van der Waals surface area contributed by atoms with Crippen molar-refractivity contribution in [1.82, 2.24) is 10.6 Å². The van der Waals surface area contributed by atoms with Gasteiger partial charge in [0.2, 0.25) is 11.8 Å². The van der Waals surface area contributed by atoms with Crippen molar-refractivity contribution >= 4 is 11.8 Å². The van der Waals surface area contributed by atoms with Crippen LogP contribution in [0.4, 0.5) is 0 Å². The fourth-order valence-electron chi connectivity index (χ4n) is 3.12. The van der Waals surface area contributed by atoms with Gasteiger partial charge >= 0.3 is 0 Å². The molecule has 1 aromatic rings. The molecule has 1 aromatic carbocycles. The lowest BCUT2D eigenvalue weighted by Crippen LogP contribution is -2.42. The topological polar surface area (TPSA) is 58.2 Å². The van der Waals surface area contributed by atoms with Crippen LogP contribution in [0.3, 0.4) is 0 Å². The molecule has 1 fully saturated rings. The standard InChI is InChI=1S/C19H28N2O2/c1-15-8-5-6-9-16(15)10-7-13-18(22)20-14-19(23)21-17-11-3-2-4-12-17/h5-6,8-9,17H,2-4,7,10-14H2,1H3,(H,20,22)(H,21,23). The number of carbonyl (C=O) groups excluding carboxylic acids is 2. The van der Waals surface area contributed by atoms with Crippen LogP contribution in [0.25, 0.3) is 0 Å². The Morgan fingerprint density at radius 1 is 1.09 bits per heavy atom. The molecule has 0 spiro atoms. The fraction of sp³-hybridized carbons (Fsp3) is 0.579. The Morgan fingerprint density at radius 3 is 2.57 bits per heavy atom. The van der Waals surface area contributed by atoms with Crippen molar-refractivity contribution in [2.24, 2.45) is 0 Å². The quantitative estimate of drug-likeness (QED) is 0.812. The van der Waals surface area contributed by atoms with Gasteiger partial charge in [0.15, 0.2) is 0 Å². The summed E-state index contributed by atoms with van der Waals surface area (Å²) < 4.78 is 0. The third-order valence-corrected chi connectivity index (χ3v) is 4.53. The van der Waals surface area contributed by atoms with Crippen molar-refractivity contribution in [1.29, 1.82) is 0 Å². The molecule has 4 nitrogen and oxygen atoms in total. The van der Waals surface area contributed by atoms with E-state index in [2.05, 4.69) is 29.7 Å². The minimum atomic E-state index is -0.0656. The molecule has 0 unspecified atom stereocenters. The molecule has 0 saturated heterocycles. The Labute approximate surface area is 139 Å². The van der Waals surface area contributed by atoms with Crippen molar-refractivity contribution < 1.29 is 9.59 Å². The largest absolute Gasteiger partial charge is 0.352 e. The molecule has 0 atom stereocenters. The molecule has 2 rings (SSSR count). The van der Waals surface area contributed by atoms with E-state index in [0.717, 1.165) is 25.7 Å². The second kappa shape index (κ2) is 9.33. The highest BCUT2D eigenvalue weighted by molar-refractivity contribution is 5.84. The number of hydrogen-bond acceptors (Lipinski definition) is 2. The maximum absolute atomic E-state index is 11.8. The summed E-state index contributed by atoms with van der Waals surface area (Å²) in [6, 6.07) is 8.54. The van der Waals surface area contributed by atoms with Crippen LogP contribution in [0.1, 0.15) is 56.1 Å². The fourth-order valence-corrected chi connectivity index (χ4v) is 3.12. The Morgan fingerprint density at radius 2 is 1.83 bits per heavy atom. The summed E-state index contributed by atoms with van der Waals surface area (Å²) in [6.45, 7) is 2.19. The first-order valence-corrected chi connectivity index (χ1v) is 8.75. The predicted molar refractivity (Wildman–Crippen MR) is 92.1 cm³/mol. The van der Waals surface area contributed by atoms with Crippen molar-refractivity contribution in [2.75, 3.05) is 6.54 Å². The smallest absolute Gasteiger partial charge is 0.239 e. The third kappa shape index (κ3) is 6.43. The van der Waals surface area contributed by atoms with Gasteiger partial charge in [0, 0.05) is 12.5 Å². The molecular weight excluding hydrogens is 288 g/mol. The third-order valence-electron chi connectivity index (χ3n) is 4.53. The van der Waals surface area contributed by atoms with Gasteiger partial charge in [-0.3, -0.25) is 9.59 Å². The Bertz CT molecular complexity index is 522. The summed E-state index contributed by atoms with van der Waals surface area (Å²) in [5, 5.41) is 5.73. The molecule has 0 radical (unpaired) electrons. The molecule has 1 aliphatic carbocycles. The first-order valence-electron chi connectivity index (χ1n) is 8.75. The summed E-state index contributed by atoms with van der Waals surface area (Å²) in [4.78, 5) is 23.7. The second-order valence-corrected chi connectivity index (χ2v) is 6.46. The van der Waals surface area contributed by atoms with Gasteiger partial charge in [-0.15, -0.1) is 0 Å². The van der Waals surface area contributed by atoms with Crippen molar-refractivity contribution in [2.45, 2.75) is 64.3 Å². The Hall–Kier alpha value is -1.84.